The number of esters is 1. The molecule has 0 saturated carbocycles. The third kappa shape index (κ3) is 2.89. The molecule has 1 unspecified atom stereocenters. The Bertz CT molecular complexity index is 183. The smallest absolute Gasteiger partial charge is 0.311 e. The Morgan fingerprint density at radius 2 is 2.25 bits per heavy atom. The van der Waals surface area contributed by atoms with Gasteiger partial charge in [-0.1, -0.05) is 13.8 Å². The molecule has 0 spiro atoms. The van der Waals surface area contributed by atoms with Crippen molar-refractivity contribution in [1.29, 1.82) is 0 Å². The standard InChI is InChI=1S/C9H14O2S/c1-6(2)3-7-4-8(10)11-9(12)5-7/h6-7H,3-5H2,1-2H3. The first-order valence-electron chi connectivity index (χ1n) is 4.31. The summed E-state index contributed by atoms with van der Waals surface area (Å²) in [7, 11) is 0. The average molecular weight is 186 g/mol. The molecule has 3 heteroatoms. The van der Waals surface area contributed by atoms with Crippen LogP contribution in [0.5, 0.6) is 0 Å². The Hall–Kier alpha value is -0.440. The predicted octanol–water partition coefficient (Wildman–Crippen LogP) is 2.31. The van der Waals surface area contributed by atoms with E-state index in [2.05, 4.69) is 13.8 Å². The van der Waals surface area contributed by atoms with Crippen molar-refractivity contribution in [3.8, 4) is 0 Å². The highest BCUT2D eigenvalue weighted by atomic mass is 32.1. The van der Waals surface area contributed by atoms with Crippen molar-refractivity contribution in [2.45, 2.75) is 33.1 Å². The number of thiocarbonyl (C=S) groups is 1. The van der Waals surface area contributed by atoms with Crippen LogP contribution in [0.25, 0.3) is 0 Å². The summed E-state index contributed by atoms with van der Waals surface area (Å²) in [5, 5.41) is 0.469. The van der Waals surface area contributed by atoms with Crippen LogP contribution >= 0.6 is 12.2 Å². The van der Waals surface area contributed by atoms with Crippen LogP contribution in [0.15, 0.2) is 0 Å². The van der Waals surface area contributed by atoms with E-state index in [-0.39, 0.29) is 5.97 Å². The number of ether oxygens (including phenoxy) is 1. The topological polar surface area (TPSA) is 26.3 Å². The molecule has 1 saturated heterocycles. The molecule has 1 heterocycles. The quantitative estimate of drug-likeness (QED) is 0.489. The molecule has 0 bridgehead atoms. The Morgan fingerprint density at radius 3 is 2.75 bits per heavy atom. The highest BCUT2D eigenvalue weighted by Gasteiger charge is 2.24. The SMILES string of the molecule is CC(C)CC1CC(=O)OC(=S)C1. The first-order chi connectivity index (χ1) is 5.58. The van der Waals surface area contributed by atoms with E-state index in [1.807, 2.05) is 0 Å². The summed E-state index contributed by atoms with van der Waals surface area (Å²) in [4.78, 5) is 11.0. The fourth-order valence-corrected chi connectivity index (χ4v) is 1.92. The van der Waals surface area contributed by atoms with Crippen LogP contribution in [0, 0.1) is 11.8 Å². The molecule has 0 aromatic rings. The first-order valence-corrected chi connectivity index (χ1v) is 4.72. The van der Waals surface area contributed by atoms with Crippen molar-refractivity contribution in [3.05, 3.63) is 0 Å². The highest BCUT2D eigenvalue weighted by molar-refractivity contribution is 7.80. The summed E-state index contributed by atoms with van der Waals surface area (Å²) in [6, 6.07) is 0. The van der Waals surface area contributed by atoms with Crippen molar-refractivity contribution < 1.29 is 9.53 Å². The molecule has 1 aliphatic heterocycles. The van der Waals surface area contributed by atoms with Gasteiger partial charge in [-0.15, -0.1) is 0 Å². The van der Waals surface area contributed by atoms with Gasteiger partial charge in [-0.3, -0.25) is 4.79 Å². The van der Waals surface area contributed by atoms with Gasteiger partial charge in [0.05, 0.1) is 0 Å². The van der Waals surface area contributed by atoms with E-state index in [1.165, 1.54) is 0 Å². The van der Waals surface area contributed by atoms with Gasteiger partial charge in [-0.25, -0.2) is 0 Å². The third-order valence-corrected chi connectivity index (χ3v) is 2.19. The molecule has 1 fully saturated rings. The van der Waals surface area contributed by atoms with Crippen LogP contribution in [0.2, 0.25) is 0 Å². The van der Waals surface area contributed by atoms with Gasteiger partial charge < -0.3 is 4.74 Å². The molecule has 1 rings (SSSR count). The maximum atomic E-state index is 11.0. The molecule has 1 aliphatic rings. The zero-order valence-corrected chi connectivity index (χ0v) is 8.32. The van der Waals surface area contributed by atoms with Gasteiger partial charge in [0.2, 0.25) is 0 Å². The minimum Gasteiger partial charge on any atom is -0.419 e. The van der Waals surface area contributed by atoms with E-state index in [0.29, 0.717) is 23.3 Å². The second-order valence-corrected chi connectivity index (χ2v) is 4.21. The Labute approximate surface area is 78.3 Å². The molecule has 0 amide bonds. The molecular formula is C9H14O2S. The second-order valence-electron chi connectivity index (χ2n) is 3.75. The molecule has 68 valence electrons. The summed E-state index contributed by atoms with van der Waals surface area (Å²) in [5.41, 5.74) is 0. The van der Waals surface area contributed by atoms with E-state index in [1.54, 1.807) is 0 Å². The minimum atomic E-state index is -0.156. The van der Waals surface area contributed by atoms with E-state index in [4.69, 9.17) is 17.0 Å². The van der Waals surface area contributed by atoms with E-state index in [0.717, 1.165) is 12.8 Å². The molecule has 1 atom stereocenters. The van der Waals surface area contributed by atoms with Gasteiger partial charge in [0.25, 0.3) is 0 Å². The number of carbonyl (C=O) groups is 1. The predicted molar refractivity (Wildman–Crippen MR) is 50.9 cm³/mol. The van der Waals surface area contributed by atoms with Crippen molar-refractivity contribution >= 4 is 23.2 Å². The maximum absolute atomic E-state index is 11.0. The molecule has 0 N–H and O–H groups in total. The van der Waals surface area contributed by atoms with Gasteiger partial charge in [0, 0.05) is 12.8 Å². The zero-order valence-electron chi connectivity index (χ0n) is 7.50. The van der Waals surface area contributed by atoms with Crippen LogP contribution in [0.4, 0.5) is 0 Å². The second kappa shape index (κ2) is 3.99. The largest absolute Gasteiger partial charge is 0.419 e. The summed E-state index contributed by atoms with van der Waals surface area (Å²) in [6.07, 6.45) is 2.38. The first kappa shape index (κ1) is 9.65. The van der Waals surface area contributed by atoms with Crippen molar-refractivity contribution in [2.75, 3.05) is 0 Å². The Balaban J connectivity index is 2.44. The van der Waals surface area contributed by atoms with Crippen LogP contribution in [0.3, 0.4) is 0 Å². The normalized spacial score (nSPS) is 24.4. The average Bonchev–Trinajstić information content (AvgIpc) is 1.81. The highest BCUT2D eigenvalue weighted by Crippen LogP contribution is 2.24. The third-order valence-electron chi connectivity index (χ3n) is 1.94. The molecule has 0 aliphatic carbocycles. The van der Waals surface area contributed by atoms with Crippen LogP contribution in [-0.4, -0.2) is 11.0 Å². The molecule has 0 aromatic carbocycles. The summed E-state index contributed by atoms with van der Waals surface area (Å²) >= 11 is 4.87. The monoisotopic (exact) mass is 186 g/mol. The molecule has 0 radical (unpaired) electrons. The van der Waals surface area contributed by atoms with Crippen LogP contribution < -0.4 is 0 Å². The van der Waals surface area contributed by atoms with Gasteiger partial charge in [0.1, 0.15) is 0 Å². The molecule has 0 aromatic heterocycles. The van der Waals surface area contributed by atoms with Crippen molar-refractivity contribution in [1.82, 2.24) is 0 Å². The van der Waals surface area contributed by atoms with E-state index < -0.39 is 0 Å². The van der Waals surface area contributed by atoms with Crippen molar-refractivity contribution in [2.24, 2.45) is 11.8 Å². The molecule has 12 heavy (non-hydrogen) atoms. The lowest BCUT2D eigenvalue weighted by Gasteiger charge is -2.22. The lowest BCUT2D eigenvalue weighted by atomic mass is 9.90. The zero-order chi connectivity index (χ0) is 9.14. The molecule has 2 nitrogen and oxygen atoms in total. The Morgan fingerprint density at radius 1 is 1.58 bits per heavy atom. The summed E-state index contributed by atoms with van der Waals surface area (Å²) < 4.78 is 4.79. The summed E-state index contributed by atoms with van der Waals surface area (Å²) in [6.45, 7) is 4.31. The van der Waals surface area contributed by atoms with Gasteiger partial charge in [-0.05, 0) is 30.5 Å². The Kier molecular flexibility index (Phi) is 3.20. The lowest BCUT2D eigenvalue weighted by molar-refractivity contribution is -0.138. The number of carbonyl (C=O) groups excluding carboxylic acids is 1. The fourth-order valence-electron chi connectivity index (χ4n) is 1.59. The van der Waals surface area contributed by atoms with Gasteiger partial charge >= 0.3 is 5.97 Å². The van der Waals surface area contributed by atoms with Crippen LogP contribution in [0.1, 0.15) is 33.1 Å². The number of hydrogen-bond donors (Lipinski definition) is 0. The molecular weight excluding hydrogens is 172 g/mol. The number of hydrogen-bond acceptors (Lipinski definition) is 3. The van der Waals surface area contributed by atoms with E-state index >= 15 is 0 Å². The van der Waals surface area contributed by atoms with Gasteiger partial charge in [0.15, 0.2) is 5.05 Å². The maximum Gasteiger partial charge on any atom is 0.311 e. The van der Waals surface area contributed by atoms with Crippen LogP contribution in [-0.2, 0) is 9.53 Å². The lowest BCUT2D eigenvalue weighted by Crippen LogP contribution is -2.25. The fraction of sp³-hybridized carbons (Fsp3) is 0.778. The van der Waals surface area contributed by atoms with E-state index in [9.17, 15) is 4.79 Å². The summed E-state index contributed by atoms with van der Waals surface area (Å²) in [5.74, 6) is 0.888. The van der Waals surface area contributed by atoms with Gasteiger partial charge in [-0.2, -0.15) is 0 Å². The minimum absolute atomic E-state index is 0.156. The number of cyclic esters (lactones) is 1. The number of rotatable bonds is 2. The van der Waals surface area contributed by atoms with Crippen molar-refractivity contribution in [3.63, 3.8) is 0 Å².